The fraction of sp³-hybridized carbons (Fsp3) is 0.417. The van der Waals surface area contributed by atoms with Crippen LogP contribution < -0.4 is 10.6 Å². The molecule has 0 atom stereocenters. The van der Waals surface area contributed by atoms with E-state index < -0.39 is 5.97 Å². The number of amides is 1. The van der Waals surface area contributed by atoms with E-state index in [0.717, 1.165) is 0 Å². The SMILES string of the molecule is CC(C)CNC(=O)CNc1ccnc(C(=O)O)c1. The lowest BCUT2D eigenvalue weighted by atomic mass is 10.2. The van der Waals surface area contributed by atoms with Crippen molar-refractivity contribution in [3.63, 3.8) is 0 Å². The average Bonchev–Trinajstić information content (AvgIpc) is 2.34. The minimum atomic E-state index is -1.09. The standard InChI is InChI=1S/C12H17N3O3/c1-8(2)6-15-11(16)7-14-9-3-4-13-10(5-9)12(17)18/h3-5,8H,6-7H2,1-2H3,(H,13,14)(H,15,16)(H,17,18). The van der Waals surface area contributed by atoms with Gasteiger partial charge in [0.2, 0.25) is 5.91 Å². The van der Waals surface area contributed by atoms with Crippen molar-refractivity contribution in [1.29, 1.82) is 0 Å². The molecule has 1 amide bonds. The van der Waals surface area contributed by atoms with Crippen molar-refractivity contribution in [2.75, 3.05) is 18.4 Å². The third-order valence-corrected chi connectivity index (χ3v) is 2.14. The highest BCUT2D eigenvalue weighted by Gasteiger charge is 2.06. The number of hydrogen-bond donors (Lipinski definition) is 3. The van der Waals surface area contributed by atoms with Crippen LogP contribution in [0.3, 0.4) is 0 Å². The number of carbonyl (C=O) groups excluding carboxylic acids is 1. The van der Waals surface area contributed by atoms with Crippen molar-refractivity contribution in [1.82, 2.24) is 10.3 Å². The number of carboxylic acids is 1. The van der Waals surface area contributed by atoms with Crippen LogP contribution in [0.4, 0.5) is 5.69 Å². The van der Waals surface area contributed by atoms with Gasteiger partial charge in [-0.1, -0.05) is 13.8 Å². The maximum atomic E-state index is 11.4. The maximum absolute atomic E-state index is 11.4. The second-order valence-electron chi connectivity index (χ2n) is 4.29. The first kappa shape index (κ1) is 14.0. The molecule has 98 valence electrons. The minimum Gasteiger partial charge on any atom is -0.477 e. The van der Waals surface area contributed by atoms with Crippen LogP contribution in [0.25, 0.3) is 0 Å². The quantitative estimate of drug-likeness (QED) is 0.700. The molecule has 6 nitrogen and oxygen atoms in total. The first-order valence-electron chi connectivity index (χ1n) is 5.69. The molecule has 0 aromatic carbocycles. The minimum absolute atomic E-state index is 0.0532. The molecule has 0 aliphatic rings. The number of carboxylic acid groups (broad SMARTS) is 1. The van der Waals surface area contributed by atoms with Gasteiger partial charge in [-0.05, 0) is 18.1 Å². The Morgan fingerprint density at radius 2 is 2.17 bits per heavy atom. The van der Waals surface area contributed by atoms with E-state index in [2.05, 4.69) is 15.6 Å². The van der Waals surface area contributed by atoms with Gasteiger partial charge < -0.3 is 15.7 Å². The van der Waals surface area contributed by atoms with Gasteiger partial charge in [0, 0.05) is 18.4 Å². The number of nitrogens with zero attached hydrogens (tertiary/aromatic N) is 1. The van der Waals surface area contributed by atoms with Gasteiger partial charge in [0.1, 0.15) is 5.69 Å². The lowest BCUT2D eigenvalue weighted by Crippen LogP contribution is -2.32. The molecule has 0 fully saturated rings. The van der Waals surface area contributed by atoms with Gasteiger partial charge >= 0.3 is 5.97 Å². The molecule has 0 bridgehead atoms. The Morgan fingerprint density at radius 3 is 2.78 bits per heavy atom. The highest BCUT2D eigenvalue weighted by molar-refractivity contribution is 5.87. The van der Waals surface area contributed by atoms with Crippen molar-refractivity contribution in [3.8, 4) is 0 Å². The van der Waals surface area contributed by atoms with Gasteiger partial charge in [0.25, 0.3) is 0 Å². The van der Waals surface area contributed by atoms with Gasteiger partial charge in [-0.3, -0.25) is 4.79 Å². The summed E-state index contributed by atoms with van der Waals surface area (Å²) in [6, 6.07) is 3.00. The second kappa shape index (κ2) is 6.58. The fourth-order valence-corrected chi connectivity index (χ4v) is 1.22. The van der Waals surface area contributed by atoms with Gasteiger partial charge in [-0.2, -0.15) is 0 Å². The lowest BCUT2D eigenvalue weighted by Gasteiger charge is -2.09. The van der Waals surface area contributed by atoms with E-state index in [1.165, 1.54) is 12.3 Å². The number of hydrogen-bond acceptors (Lipinski definition) is 4. The molecule has 0 saturated heterocycles. The van der Waals surface area contributed by atoms with Gasteiger partial charge in [0.05, 0.1) is 6.54 Å². The normalized spacial score (nSPS) is 10.2. The van der Waals surface area contributed by atoms with E-state index in [-0.39, 0.29) is 18.1 Å². The number of aromatic carboxylic acids is 1. The van der Waals surface area contributed by atoms with Crippen LogP contribution in [0.1, 0.15) is 24.3 Å². The number of aromatic nitrogens is 1. The van der Waals surface area contributed by atoms with E-state index >= 15 is 0 Å². The number of anilines is 1. The van der Waals surface area contributed by atoms with E-state index in [0.29, 0.717) is 18.2 Å². The summed E-state index contributed by atoms with van der Waals surface area (Å²) in [5.74, 6) is -0.825. The van der Waals surface area contributed by atoms with Gasteiger partial charge in [0.15, 0.2) is 0 Å². The molecular weight excluding hydrogens is 234 g/mol. The second-order valence-corrected chi connectivity index (χ2v) is 4.29. The van der Waals surface area contributed by atoms with Crippen LogP contribution in [0.5, 0.6) is 0 Å². The van der Waals surface area contributed by atoms with Gasteiger partial charge in [-0.25, -0.2) is 9.78 Å². The van der Waals surface area contributed by atoms with E-state index in [4.69, 9.17) is 5.11 Å². The number of carbonyl (C=O) groups is 2. The van der Waals surface area contributed by atoms with Gasteiger partial charge in [-0.15, -0.1) is 0 Å². The summed E-state index contributed by atoms with van der Waals surface area (Å²) in [6.07, 6.45) is 1.39. The molecule has 1 rings (SSSR count). The number of rotatable bonds is 6. The molecule has 1 heterocycles. The molecule has 0 aliphatic carbocycles. The molecule has 0 unspecified atom stereocenters. The number of pyridine rings is 1. The van der Waals surface area contributed by atoms with Crippen LogP contribution in [-0.2, 0) is 4.79 Å². The Labute approximate surface area is 105 Å². The summed E-state index contributed by atoms with van der Waals surface area (Å²) in [7, 11) is 0. The summed E-state index contributed by atoms with van der Waals surface area (Å²) in [5, 5.41) is 14.4. The predicted molar refractivity (Wildman–Crippen MR) is 67.5 cm³/mol. The summed E-state index contributed by atoms with van der Waals surface area (Å²) in [5.41, 5.74) is 0.504. The zero-order valence-electron chi connectivity index (χ0n) is 10.4. The summed E-state index contributed by atoms with van der Waals surface area (Å²) >= 11 is 0. The zero-order valence-corrected chi connectivity index (χ0v) is 10.4. The van der Waals surface area contributed by atoms with Crippen molar-refractivity contribution >= 4 is 17.6 Å². The Bertz CT molecular complexity index is 432. The maximum Gasteiger partial charge on any atom is 0.354 e. The molecule has 3 N–H and O–H groups in total. The molecule has 1 aromatic rings. The van der Waals surface area contributed by atoms with Crippen LogP contribution >= 0.6 is 0 Å². The zero-order chi connectivity index (χ0) is 13.5. The molecular formula is C12H17N3O3. The first-order valence-corrected chi connectivity index (χ1v) is 5.69. The molecule has 0 saturated carbocycles. The van der Waals surface area contributed by atoms with Crippen LogP contribution in [0, 0.1) is 5.92 Å². The Hall–Kier alpha value is -2.11. The van der Waals surface area contributed by atoms with Crippen molar-refractivity contribution < 1.29 is 14.7 Å². The van der Waals surface area contributed by atoms with E-state index in [1.807, 2.05) is 13.8 Å². The largest absolute Gasteiger partial charge is 0.477 e. The molecule has 0 radical (unpaired) electrons. The third kappa shape index (κ3) is 4.82. The summed E-state index contributed by atoms with van der Waals surface area (Å²) in [6.45, 7) is 4.75. The molecule has 6 heteroatoms. The topological polar surface area (TPSA) is 91.3 Å². The molecule has 18 heavy (non-hydrogen) atoms. The highest BCUT2D eigenvalue weighted by Crippen LogP contribution is 2.07. The van der Waals surface area contributed by atoms with Crippen molar-refractivity contribution in [2.24, 2.45) is 5.92 Å². The Morgan fingerprint density at radius 1 is 1.44 bits per heavy atom. The van der Waals surface area contributed by atoms with Crippen molar-refractivity contribution in [3.05, 3.63) is 24.0 Å². The van der Waals surface area contributed by atoms with Crippen LogP contribution in [0.15, 0.2) is 18.3 Å². The highest BCUT2D eigenvalue weighted by atomic mass is 16.4. The molecule has 0 spiro atoms. The summed E-state index contributed by atoms with van der Waals surface area (Å²) < 4.78 is 0. The third-order valence-electron chi connectivity index (χ3n) is 2.14. The smallest absolute Gasteiger partial charge is 0.354 e. The van der Waals surface area contributed by atoms with E-state index in [1.54, 1.807) is 6.07 Å². The van der Waals surface area contributed by atoms with Crippen LogP contribution in [-0.4, -0.2) is 35.1 Å². The summed E-state index contributed by atoms with van der Waals surface area (Å²) in [4.78, 5) is 25.8. The predicted octanol–water partition coefficient (Wildman–Crippen LogP) is 0.964. The Kier molecular flexibility index (Phi) is 5.10. The first-order chi connectivity index (χ1) is 8.49. The van der Waals surface area contributed by atoms with Crippen LogP contribution in [0.2, 0.25) is 0 Å². The average molecular weight is 251 g/mol. The Balaban J connectivity index is 2.46. The van der Waals surface area contributed by atoms with E-state index in [9.17, 15) is 9.59 Å². The van der Waals surface area contributed by atoms with Crippen molar-refractivity contribution in [2.45, 2.75) is 13.8 Å². The number of nitrogens with one attached hydrogen (secondary N) is 2. The monoisotopic (exact) mass is 251 g/mol. The molecule has 0 aliphatic heterocycles. The molecule has 1 aromatic heterocycles. The fourth-order valence-electron chi connectivity index (χ4n) is 1.22. The lowest BCUT2D eigenvalue weighted by molar-refractivity contribution is -0.119.